The quantitative estimate of drug-likeness (QED) is 0.902. The summed E-state index contributed by atoms with van der Waals surface area (Å²) >= 11 is 3.65. The fraction of sp³-hybridized carbons (Fsp3) is 0.571. The van der Waals surface area contributed by atoms with Crippen LogP contribution in [0.1, 0.15) is 18.4 Å². The van der Waals surface area contributed by atoms with Crippen molar-refractivity contribution in [3.8, 4) is 0 Å². The normalized spacial score (nSPS) is 29.2. The Labute approximate surface area is 112 Å². The average Bonchev–Trinajstić information content (AvgIpc) is 2.81. The fourth-order valence-electron chi connectivity index (χ4n) is 3.21. The van der Waals surface area contributed by atoms with Crippen molar-refractivity contribution < 1.29 is 0 Å². The van der Waals surface area contributed by atoms with E-state index >= 15 is 0 Å². The van der Waals surface area contributed by atoms with Crippen LogP contribution >= 0.6 is 15.9 Å². The maximum absolute atomic E-state index is 3.65. The lowest BCUT2D eigenvalue weighted by Gasteiger charge is -2.37. The zero-order chi connectivity index (χ0) is 11.7. The van der Waals surface area contributed by atoms with Gasteiger partial charge in [-0.05, 0) is 43.5 Å². The van der Waals surface area contributed by atoms with Gasteiger partial charge in [-0.3, -0.25) is 4.90 Å². The molecule has 2 atom stereocenters. The van der Waals surface area contributed by atoms with E-state index in [1.807, 2.05) is 0 Å². The Hall–Kier alpha value is -0.380. The highest BCUT2D eigenvalue weighted by Gasteiger charge is 2.34. The number of nitrogens with one attached hydrogen (secondary N) is 1. The third-order valence-corrected chi connectivity index (χ3v) is 4.90. The standard InChI is InChI=1S/C14H19BrN2/c15-13-6-2-1-4-12(13)10-17-7-3-5-11-8-16-9-14(11)17/h1-2,4,6,11,14,16H,3,5,7-10H2. The Balaban J connectivity index is 1.74. The highest BCUT2D eigenvalue weighted by Crippen LogP contribution is 2.29. The van der Waals surface area contributed by atoms with Gasteiger partial charge in [-0.1, -0.05) is 34.1 Å². The largest absolute Gasteiger partial charge is 0.315 e. The summed E-state index contributed by atoms with van der Waals surface area (Å²) in [5.74, 6) is 0.881. The smallest absolute Gasteiger partial charge is 0.0264 e. The molecular weight excluding hydrogens is 276 g/mol. The van der Waals surface area contributed by atoms with E-state index in [-0.39, 0.29) is 0 Å². The summed E-state index contributed by atoms with van der Waals surface area (Å²) in [4.78, 5) is 2.66. The minimum absolute atomic E-state index is 0.760. The molecule has 2 unspecified atom stereocenters. The van der Waals surface area contributed by atoms with E-state index in [1.54, 1.807) is 0 Å². The van der Waals surface area contributed by atoms with Crippen molar-refractivity contribution in [2.45, 2.75) is 25.4 Å². The molecule has 0 saturated carbocycles. The molecule has 1 aromatic carbocycles. The molecule has 2 heterocycles. The second kappa shape index (κ2) is 5.09. The fourth-order valence-corrected chi connectivity index (χ4v) is 3.62. The van der Waals surface area contributed by atoms with E-state index in [1.165, 1.54) is 42.5 Å². The molecule has 1 N–H and O–H groups in total. The van der Waals surface area contributed by atoms with Crippen LogP contribution in [-0.4, -0.2) is 30.6 Å². The molecule has 0 spiro atoms. The molecule has 3 rings (SSSR count). The summed E-state index contributed by atoms with van der Waals surface area (Å²) in [5, 5.41) is 3.54. The lowest BCUT2D eigenvalue weighted by Crippen LogP contribution is -2.44. The molecule has 0 aromatic heterocycles. The number of halogens is 1. The van der Waals surface area contributed by atoms with Crippen LogP contribution < -0.4 is 5.32 Å². The van der Waals surface area contributed by atoms with Crippen LogP contribution in [0.2, 0.25) is 0 Å². The van der Waals surface area contributed by atoms with Crippen LogP contribution in [0.4, 0.5) is 0 Å². The predicted octanol–water partition coefficient (Wildman–Crippen LogP) is 2.63. The van der Waals surface area contributed by atoms with E-state index in [9.17, 15) is 0 Å². The summed E-state index contributed by atoms with van der Waals surface area (Å²) in [6.45, 7) is 4.74. The van der Waals surface area contributed by atoms with E-state index in [0.717, 1.165) is 18.5 Å². The molecule has 0 aliphatic carbocycles. The van der Waals surface area contributed by atoms with Crippen LogP contribution in [0.5, 0.6) is 0 Å². The molecule has 1 aromatic rings. The van der Waals surface area contributed by atoms with Gasteiger partial charge in [0.15, 0.2) is 0 Å². The van der Waals surface area contributed by atoms with Crippen LogP contribution in [0, 0.1) is 5.92 Å². The number of piperidine rings is 1. The monoisotopic (exact) mass is 294 g/mol. The molecular formula is C14H19BrN2. The lowest BCUT2D eigenvalue weighted by atomic mass is 9.92. The summed E-state index contributed by atoms with van der Waals surface area (Å²) in [6.07, 6.45) is 2.76. The van der Waals surface area contributed by atoms with Crippen molar-refractivity contribution in [2.24, 2.45) is 5.92 Å². The summed E-state index contributed by atoms with van der Waals surface area (Å²) in [5.41, 5.74) is 1.42. The van der Waals surface area contributed by atoms with Crippen molar-refractivity contribution in [3.05, 3.63) is 34.3 Å². The number of rotatable bonds is 2. The number of fused-ring (bicyclic) bond motifs is 1. The third-order valence-electron chi connectivity index (χ3n) is 4.12. The summed E-state index contributed by atoms with van der Waals surface area (Å²) < 4.78 is 1.24. The van der Waals surface area contributed by atoms with Crippen molar-refractivity contribution in [3.63, 3.8) is 0 Å². The molecule has 2 fully saturated rings. The first kappa shape index (κ1) is 11.7. The zero-order valence-corrected chi connectivity index (χ0v) is 11.6. The molecule has 2 nitrogen and oxygen atoms in total. The highest BCUT2D eigenvalue weighted by molar-refractivity contribution is 9.10. The maximum atomic E-state index is 3.65. The van der Waals surface area contributed by atoms with Gasteiger partial charge in [0.1, 0.15) is 0 Å². The molecule has 92 valence electrons. The van der Waals surface area contributed by atoms with Gasteiger partial charge in [0.2, 0.25) is 0 Å². The van der Waals surface area contributed by atoms with Gasteiger partial charge in [0.05, 0.1) is 0 Å². The Morgan fingerprint density at radius 3 is 3.06 bits per heavy atom. The minimum atomic E-state index is 0.760. The van der Waals surface area contributed by atoms with Crippen LogP contribution in [0.25, 0.3) is 0 Å². The van der Waals surface area contributed by atoms with E-state index in [0.29, 0.717) is 0 Å². The van der Waals surface area contributed by atoms with Gasteiger partial charge in [0.25, 0.3) is 0 Å². The Morgan fingerprint density at radius 2 is 2.18 bits per heavy atom. The van der Waals surface area contributed by atoms with Gasteiger partial charge < -0.3 is 5.32 Å². The van der Waals surface area contributed by atoms with Crippen LogP contribution in [0.3, 0.4) is 0 Å². The SMILES string of the molecule is Brc1ccccc1CN1CCCC2CNCC21. The first-order valence-electron chi connectivity index (χ1n) is 6.53. The Morgan fingerprint density at radius 1 is 1.29 bits per heavy atom. The minimum Gasteiger partial charge on any atom is -0.315 e. The summed E-state index contributed by atoms with van der Waals surface area (Å²) in [7, 11) is 0. The number of hydrogen-bond acceptors (Lipinski definition) is 2. The van der Waals surface area contributed by atoms with Crippen molar-refractivity contribution >= 4 is 15.9 Å². The second-order valence-electron chi connectivity index (χ2n) is 5.19. The van der Waals surface area contributed by atoms with Gasteiger partial charge in [0, 0.05) is 23.6 Å². The van der Waals surface area contributed by atoms with E-state index in [2.05, 4.69) is 50.4 Å². The highest BCUT2D eigenvalue weighted by atomic mass is 79.9. The molecule has 2 saturated heterocycles. The molecule has 17 heavy (non-hydrogen) atoms. The van der Waals surface area contributed by atoms with Crippen molar-refractivity contribution in [1.29, 1.82) is 0 Å². The molecule has 0 bridgehead atoms. The summed E-state index contributed by atoms with van der Waals surface area (Å²) in [6, 6.07) is 9.36. The predicted molar refractivity (Wildman–Crippen MR) is 73.9 cm³/mol. The van der Waals surface area contributed by atoms with E-state index < -0.39 is 0 Å². The molecule has 3 heteroatoms. The number of likely N-dealkylation sites (tertiary alicyclic amines) is 1. The van der Waals surface area contributed by atoms with Gasteiger partial charge in [-0.15, -0.1) is 0 Å². The first-order valence-corrected chi connectivity index (χ1v) is 7.32. The van der Waals surface area contributed by atoms with E-state index in [4.69, 9.17) is 0 Å². The molecule has 2 aliphatic rings. The number of benzene rings is 1. The van der Waals surface area contributed by atoms with Gasteiger partial charge in [-0.25, -0.2) is 0 Å². The van der Waals surface area contributed by atoms with Crippen LogP contribution in [0.15, 0.2) is 28.7 Å². The lowest BCUT2D eigenvalue weighted by molar-refractivity contribution is 0.117. The molecule has 0 amide bonds. The number of nitrogens with zero attached hydrogens (tertiary/aromatic N) is 1. The Kier molecular flexibility index (Phi) is 3.50. The maximum Gasteiger partial charge on any atom is 0.0264 e. The van der Waals surface area contributed by atoms with Crippen molar-refractivity contribution in [2.75, 3.05) is 19.6 Å². The van der Waals surface area contributed by atoms with Crippen molar-refractivity contribution in [1.82, 2.24) is 10.2 Å². The van der Waals surface area contributed by atoms with Crippen LogP contribution in [-0.2, 0) is 6.54 Å². The average molecular weight is 295 g/mol. The molecule has 2 aliphatic heterocycles. The topological polar surface area (TPSA) is 15.3 Å². The second-order valence-corrected chi connectivity index (χ2v) is 6.04. The first-order chi connectivity index (χ1) is 8.34. The molecule has 0 radical (unpaired) electrons. The number of hydrogen-bond donors (Lipinski definition) is 1. The Bertz CT molecular complexity index is 394. The third kappa shape index (κ3) is 2.42. The van der Waals surface area contributed by atoms with Gasteiger partial charge in [-0.2, -0.15) is 0 Å². The zero-order valence-electron chi connectivity index (χ0n) is 10.0. The van der Waals surface area contributed by atoms with Gasteiger partial charge >= 0.3 is 0 Å².